The molecule has 1 aromatic carbocycles. The molecule has 11 heteroatoms. The maximum absolute atomic E-state index is 12.6. The predicted octanol–water partition coefficient (Wildman–Crippen LogP) is 0.0908. The van der Waals surface area contributed by atoms with Gasteiger partial charge in [0.15, 0.2) is 9.84 Å². The number of carbonyl (C=O) groups excluding carboxylic acids is 2. The van der Waals surface area contributed by atoms with E-state index >= 15 is 0 Å². The molecule has 162 valence electrons. The minimum atomic E-state index is -3.75. The normalized spacial score (nSPS) is 17.9. The second-order valence-corrected chi connectivity index (χ2v) is 11.6. The lowest BCUT2D eigenvalue weighted by Crippen LogP contribution is -2.51. The van der Waals surface area contributed by atoms with Gasteiger partial charge in [-0.2, -0.15) is 4.31 Å². The largest absolute Gasteiger partial charge is 0.341 e. The van der Waals surface area contributed by atoms with Crippen LogP contribution in [0.1, 0.15) is 31.1 Å². The fraction of sp³-hybridized carbons (Fsp3) is 0.556. The lowest BCUT2D eigenvalue weighted by atomic mass is 10.2. The molecule has 1 heterocycles. The van der Waals surface area contributed by atoms with Crippen molar-refractivity contribution in [3.63, 3.8) is 0 Å². The second-order valence-electron chi connectivity index (χ2n) is 7.32. The number of nitrogens with one attached hydrogen (secondary N) is 1. The van der Waals surface area contributed by atoms with E-state index in [1.165, 1.54) is 47.4 Å². The highest BCUT2D eigenvalue weighted by atomic mass is 32.2. The number of hydrogen-bond donors (Lipinski definition) is 1. The van der Waals surface area contributed by atoms with Gasteiger partial charge in [-0.25, -0.2) is 16.8 Å². The number of carbonyl (C=O) groups is 2. The van der Waals surface area contributed by atoms with Crippen LogP contribution in [-0.2, 0) is 24.7 Å². The molecular formula is C18H27N3O6S2. The summed E-state index contributed by atoms with van der Waals surface area (Å²) >= 11 is 0. The zero-order valence-corrected chi connectivity index (χ0v) is 18.6. The summed E-state index contributed by atoms with van der Waals surface area (Å²) in [6, 6.07) is 4.50. The summed E-state index contributed by atoms with van der Waals surface area (Å²) in [7, 11) is -5.40. The van der Waals surface area contributed by atoms with Gasteiger partial charge in [-0.3, -0.25) is 9.59 Å². The number of rotatable bonds is 6. The maximum atomic E-state index is 12.6. The first kappa shape index (κ1) is 23.3. The van der Waals surface area contributed by atoms with E-state index < -0.39 is 31.8 Å². The van der Waals surface area contributed by atoms with Gasteiger partial charge in [0, 0.05) is 31.7 Å². The summed E-state index contributed by atoms with van der Waals surface area (Å²) in [6.45, 7) is 5.18. The van der Waals surface area contributed by atoms with Gasteiger partial charge in [0.2, 0.25) is 15.9 Å². The van der Waals surface area contributed by atoms with Crippen LogP contribution in [0.3, 0.4) is 0 Å². The predicted molar refractivity (Wildman–Crippen MR) is 109 cm³/mol. The van der Waals surface area contributed by atoms with Crippen molar-refractivity contribution in [2.45, 2.75) is 37.8 Å². The van der Waals surface area contributed by atoms with Gasteiger partial charge in [-0.1, -0.05) is 6.07 Å². The number of sulfone groups is 1. The molecule has 0 radical (unpaired) electrons. The van der Waals surface area contributed by atoms with Crippen molar-refractivity contribution in [2.75, 3.05) is 31.6 Å². The minimum Gasteiger partial charge on any atom is -0.341 e. The monoisotopic (exact) mass is 445 g/mol. The molecule has 9 nitrogen and oxygen atoms in total. The Morgan fingerprint density at radius 3 is 2.28 bits per heavy atom. The third kappa shape index (κ3) is 5.55. The summed E-state index contributed by atoms with van der Waals surface area (Å²) < 4.78 is 49.4. The molecule has 29 heavy (non-hydrogen) atoms. The first-order valence-electron chi connectivity index (χ1n) is 9.23. The number of sulfonamides is 1. The van der Waals surface area contributed by atoms with Crippen LogP contribution in [0, 0.1) is 0 Å². The van der Waals surface area contributed by atoms with Crippen molar-refractivity contribution < 1.29 is 26.4 Å². The third-order valence-corrected chi connectivity index (χ3v) is 8.51. The summed E-state index contributed by atoms with van der Waals surface area (Å²) in [5, 5.41) is 2.56. The molecular weight excluding hydrogens is 418 g/mol. The smallest absolute Gasteiger partial charge is 0.251 e. The minimum absolute atomic E-state index is 0.0124. The van der Waals surface area contributed by atoms with Crippen molar-refractivity contribution in [1.82, 2.24) is 14.5 Å². The van der Waals surface area contributed by atoms with E-state index in [-0.39, 0.29) is 47.0 Å². The Morgan fingerprint density at radius 2 is 1.72 bits per heavy atom. The number of hydrogen-bond acceptors (Lipinski definition) is 6. The van der Waals surface area contributed by atoms with Crippen molar-refractivity contribution >= 4 is 31.7 Å². The Balaban J connectivity index is 2.10. The second kappa shape index (κ2) is 8.80. The molecule has 1 aromatic rings. The fourth-order valence-electron chi connectivity index (χ4n) is 2.79. The van der Waals surface area contributed by atoms with Crippen LogP contribution < -0.4 is 5.32 Å². The van der Waals surface area contributed by atoms with Gasteiger partial charge in [0.25, 0.3) is 5.91 Å². The molecule has 0 aromatic heterocycles. The number of benzene rings is 1. The van der Waals surface area contributed by atoms with E-state index in [9.17, 15) is 26.4 Å². The highest BCUT2D eigenvalue weighted by molar-refractivity contribution is 7.91. The number of nitrogens with zero attached hydrogens (tertiary/aromatic N) is 2. The Hall–Kier alpha value is -1.98. The highest BCUT2D eigenvalue weighted by Gasteiger charge is 2.29. The summed E-state index contributed by atoms with van der Waals surface area (Å²) in [4.78, 5) is 26.4. The van der Waals surface area contributed by atoms with Gasteiger partial charge < -0.3 is 10.2 Å². The summed E-state index contributed by atoms with van der Waals surface area (Å²) in [5.74, 6) is -1.15. The van der Waals surface area contributed by atoms with Gasteiger partial charge in [0.05, 0.1) is 16.4 Å². The average molecular weight is 446 g/mol. The van der Waals surface area contributed by atoms with E-state index in [2.05, 4.69) is 5.32 Å². The van der Waals surface area contributed by atoms with Crippen molar-refractivity contribution in [3.8, 4) is 0 Å². The molecule has 1 atom stereocenters. The Labute approximate surface area is 172 Å². The first-order valence-corrected chi connectivity index (χ1v) is 12.5. The van der Waals surface area contributed by atoms with Gasteiger partial charge >= 0.3 is 0 Å². The van der Waals surface area contributed by atoms with E-state index in [0.717, 1.165) is 0 Å². The van der Waals surface area contributed by atoms with E-state index in [0.29, 0.717) is 0 Å². The zero-order chi connectivity index (χ0) is 22.0. The maximum Gasteiger partial charge on any atom is 0.251 e. The lowest BCUT2D eigenvalue weighted by molar-refractivity contribution is -0.132. The average Bonchev–Trinajstić information content (AvgIpc) is 2.66. The van der Waals surface area contributed by atoms with Gasteiger partial charge in [-0.15, -0.1) is 0 Å². The molecule has 0 aliphatic carbocycles. The Bertz CT molecular complexity index is 975. The molecule has 1 fully saturated rings. The zero-order valence-electron chi connectivity index (χ0n) is 17.0. The van der Waals surface area contributed by atoms with Crippen LogP contribution >= 0.6 is 0 Å². The molecule has 0 bridgehead atoms. The van der Waals surface area contributed by atoms with Crippen LogP contribution in [-0.4, -0.2) is 81.6 Å². The molecule has 1 unspecified atom stereocenters. The quantitative estimate of drug-likeness (QED) is 0.663. The third-order valence-electron chi connectivity index (χ3n) is 4.87. The molecule has 1 saturated heterocycles. The molecule has 1 aliphatic heterocycles. The van der Waals surface area contributed by atoms with Crippen LogP contribution in [0.5, 0.6) is 0 Å². The van der Waals surface area contributed by atoms with E-state index in [4.69, 9.17) is 0 Å². The molecule has 2 amide bonds. The summed E-state index contributed by atoms with van der Waals surface area (Å²) in [6.07, 6.45) is 0. The molecule has 1 N–H and O–H groups in total. The van der Waals surface area contributed by atoms with Crippen molar-refractivity contribution in [2.24, 2.45) is 0 Å². The van der Waals surface area contributed by atoms with E-state index in [1.807, 2.05) is 0 Å². The molecule has 1 aliphatic rings. The van der Waals surface area contributed by atoms with E-state index in [1.54, 1.807) is 13.8 Å². The molecule has 0 saturated carbocycles. The van der Waals surface area contributed by atoms with Crippen molar-refractivity contribution in [3.05, 3.63) is 29.8 Å². The Kier molecular flexibility index (Phi) is 7.07. The highest BCUT2D eigenvalue weighted by Crippen LogP contribution is 2.18. The van der Waals surface area contributed by atoms with Gasteiger partial charge in [0.1, 0.15) is 6.04 Å². The van der Waals surface area contributed by atoms with Crippen LogP contribution in [0.15, 0.2) is 29.2 Å². The van der Waals surface area contributed by atoms with Crippen LogP contribution in [0.2, 0.25) is 0 Å². The van der Waals surface area contributed by atoms with Gasteiger partial charge in [-0.05, 0) is 39.0 Å². The lowest BCUT2D eigenvalue weighted by Gasteiger charge is -2.29. The van der Waals surface area contributed by atoms with Crippen LogP contribution in [0.25, 0.3) is 0 Å². The molecule has 2 rings (SSSR count). The standard InChI is InChI=1S/C18H27N3O6S2/c1-13(2)20(4)29(26,27)16-7-5-6-15(12-16)17(22)19-14(3)18(23)21-8-10-28(24,25)11-9-21/h5-7,12-14H,8-11H2,1-4H3,(H,19,22). The SMILES string of the molecule is CC(NC(=O)c1cccc(S(=O)(=O)N(C)C(C)C)c1)C(=O)N1CCS(=O)(=O)CC1. The summed E-state index contributed by atoms with van der Waals surface area (Å²) in [5.41, 5.74) is 0.115. The van der Waals surface area contributed by atoms with Crippen LogP contribution in [0.4, 0.5) is 0 Å². The fourth-order valence-corrected chi connectivity index (χ4v) is 5.41. The topological polar surface area (TPSA) is 121 Å². The number of amides is 2. The molecule has 0 spiro atoms. The van der Waals surface area contributed by atoms with Crippen molar-refractivity contribution in [1.29, 1.82) is 0 Å². The Morgan fingerprint density at radius 1 is 1.14 bits per heavy atom. The first-order chi connectivity index (χ1) is 13.3.